The third kappa shape index (κ3) is 6.63. The lowest BCUT2D eigenvalue weighted by Crippen LogP contribution is -2.17. The largest absolute Gasteiger partial charge is 0.573 e. The van der Waals surface area contributed by atoms with Crippen molar-refractivity contribution in [1.29, 1.82) is 0 Å². The van der Waals surface area contributed by atoms with E-state index in [-0.39, 0.29) is 18.7 Å². The first-order chi connectivity index (χ1) is 15.2. The van der Waals surface area contributed by atoms with Gasteiger partial charge in [0, 0.05) is 24.7 Å². The molecular formula is C23H21F3N2O4. The Bertz CT molecular complexity index is 1070. The summed E-state index contributed by atoms with van der Waals surface area (Å²) in [7, 11) is 1.53. The number of carboxylic acid groups (broad SMARTS) is 1. The number of benzene rings is 2. The first kappa shape index (κ1) is 22.9. The van der Waals surface area contributed by atoms with Crippen LogP contribution in [-0.2, 0) is 17.8 Å². The van der Waals surface area contributed by atoms with E-state index in [4.69, 9.17) is 9.84 Å². The summed E-state index contributed by atoms with van der Waals surface area (Å²) in [5.41, 5.74) is 3.09. The van der Waals surface area contributed by atoms with E-state index in [9.17, 15) is 18.0 Å². The molecule has 0 aliphatic rings. The van der Waals surface area contributed by atoms with Crippen LogP contribution in [0.4, 0.5) is 19.0 Å². The number of alkyl halides is 3. The van der Waals surface area contributed by atoms with Crippen molar-refractivity contribution in [3.05, 3.63) is 71.9 Å². The van der Waals surface area contributed by atoms with E-state index in [0.29, 0.717) is 23.6 Å². The Kier molecular flexibility index (Phi) is 7.19. The van der Waals surface area contributed by atoms with Crippen LogP contribution in [0.15, 0.2) is 60.8 Å². The van der Waals surface area contributed by atoms with E-state index in [1.807, 2.05) is 18.2 Å². The molecule has 2 N–H and O–H groups in total. The number of hydrogen-bond acceptors (Lipinski definition) is 5. The standard InChI is InChI=1S/C23H21F3N2O4/c1-31-20-8-5-16(12-17(20)7-10-22(29)30)18-6-9-21(28-14-18)27-13-15-3-2-4-19(11-15)32-23(24,25)26/h2-6,8-9,11-12,14H,7,10,13H2,1H3,(H,27,28)(H,29,30). The summed E-state index contributed by atoms with van der Waals surface area (Å²) in [6, 6.07) is 14.8. The fraction of sp³-hybridized carbons (Fsp3) is 0.217. The fourth-order valence-corrected chi connectivity index (χ4v) is 3.11. The van der Waals surface area contributed by atoms with Gasteiger partial charge in [0.1, 0.15) is 17.3 Å². The molecule has 6 nitrogen and oxygen atoms in total. The van der Waals surface area contributed by atoms with Gasteiger partial charge in [0.2, 0.25) is 0 Å². The number of carboxylic acids is 1. The van der Waals surface area contributed by atoms with Crippen LogP contribution in [0.25, 0.3) is 11.1 Å². The molecule has 0 aliphatic carbocycles. The maximum atomic E-state index is 12.4. The van der Waals surface area contributed by atoms with Gasteiger partial charge in [-0.1, -0.05) is 18.2 Å². The van der Waals surface area contributed by atoms with E-state index in [2.05, 4.69) is 15.0 Å². The molecule has 0 bridgehead atoms. The minimum Gasteiger partial charge on any atom is -0.496 e. The van der Waals surface area contributed by atoms with Crippen LogP contribution in [0, 0.1) is 0 Å². The molecule has 0 radical (unpaired) electrons. The molecule has 168 valence electrons. The van der Waals surface area contributed by atoms with Crippen molar-refractivity contribution >= 4 is 11.8 Å². The minimum absolute atomic E-state index is 0.00384. The summed E-state index contributed by atoms with van der Waals surface area (Å²) in [5, 5.41) is 12.0. The summed E-state index contributed by atoms with van der Waals surface area (Å²) in [5.74, 6) is 0.0110. The van der Waals surface area contributed by atoms with Crippen LogP contribution in [-0.4, -0.2) is 29.5 Å². The molecule has 9 heteroatoms. The quantitative estimate of drug-likeness (QED) is 0.465. The van der Waals surface area contributed by atoms with Crippen molar-refractivity contribution < 1.29 is 32.5 Å². The minimum atomic E-state index is -4.74. The lowest BCUT2D eigenvalue weighted by atomic mass is 10.0. The molecule has 0 aliphatic heterocycles. The van der Waals surface area contributed by atoms with E-state index in [1.54, 1.807) is 24.4 Å². The van der Waals surface area contributed by atoms with E-state index in [0.717, 1.165) is 16.7 Å². The van der Waals surface area contributed by atoms with E-state index in [1.165, 1.54) is 25.3 Å². The fourth-order valence-electron chi connectivity index (χ4n) is 3.11. The van der Waals surface area contributed by atoms with Crippen LogP contribution < -0.4 is 14.8 Å². The summed E-state index contributed by atoms with van der Waals surface area (Å²) < 4.78 is 46.3. The average molecular weight is 446 g/mol. The second kappa shape index (κ2) is 10.0. The monoisotopic (exact) mass is 446 g/mol. The Labute approximate surface area is 182 Å². The number of aryl methyl sites for hydroxylation is 1. The second-order valence-electron chi connectivity index (χ2n) is 6.90. The summed E-state index contributed by atoms with van der Waals surface area (Å²) in [6.07, 6.45) is -2.74. The lowest BCUT2D eigenvalue weighted by molar-refractivity contribution is -0.274. The first-order valence-corrected chi connectivity index (χ1v) is 9.67. The van der Waals surface area contributed by atoms with Crippen molar-refractivity contribution in [3.8, 4) is 22.6 Å². The molecule has 1 aromatic heterocycles. The van der Waals surface area contributed by atoms with Crippen LogP contribution in [0.5, 0.6) is 11.5 Å². The van der Waals surface area contributed by atoms with Gasteiger partial charge in [0.05, 0.1) is 7.11 Å². The van der Waals surface area contributed by atoms with Crippen molar-refractivity contribution in [3.63, 3.8) is 0 Å². The summed E-state index contributed by atoms with van der Waals surface area (Å²) >= 11 is 0. The lowest BCUT2D eigenvalue weighted by Gasteiger charge is -2.12. The zero-order valence-electron chi connectivity index (χ0n) is 17.1. The summed E-state index contributed by atoms with van der Waals surface area (Å²) in [6.45, 7) is 0.267. The molecule has 32 heavy (non-hydrogen) atoms. The van der Waals surface area contributed by atoms with E-state index >= 15 is 0 Å². The topological polar surface area (TPSA) is 80.7 Å². The van der Waals surface area contributed by atoms with Crippen molar-refractivity contribution in [2.75, 3.05) is 12.4 Å². The van der Waals surface area contributed by atoms with Gasteiger partial charge in [-0.2, -0.15) is 0 Å². The molecule has 3 rings (SSSR count). The number of nitrogens with one attached hydrogen (secondary N) is 1. The molecule has 1 heterocycles. The van der Waals surface area contributed by atoms with Crippen molar-refractivity contribution in [2.45, 2.75) is 25.7 Å². The third-order valence-corrected chi connectivity index (χ3v) is 4.59. The van der Waals surface area contributed by atoms with Crippen molar-refractivity contribution in [1.82, 2.24) is 4.98 Å². The Hall–Kier alpha value is -3.75. The number of hydrogen-bond donors (Lipinski definition) is 2. The van der Waals surface area contributed by atoms with Gasteiger partial charge < -0.3 is 19.9 Å². The van der Waals surface area contributed by atoms with Gasteiger partial charge in [-0.3, -0.25) is 4.79 Å². The molecule has 0 spiro atoms. The van der Waals surface area contributed by atoms with Gasteiger partial charge >= 0.3 is 12.3 Å². The molecule has 0 amide bonds. The van der Waals surface area contributed by atoms with Gasteiger partial charge in [-0.15, -0.1) is 13.2 Å². The molecule has 0 saturated heterocycles. The normalized spacial score (nSPS) is 11.1. The number of aliphatic carboxylic acids is 1. The number of aromatic nitrogens is 1. The molecular weight excluding hydrogens is 425 g/mol. The molecule has 0 atom stereocenters. The van der Waals surface area contributed by atoms with Crippen molar-refractivity contribution in [2.24, 2.45) is 0 Å². The third-order valence-electron chi connectivity index (χ3n) is 4.59. The Balaban J connectivity index is 1.67. The highest BCUT2D eigenvalue weighted by Crippen LogP contribution is 2.28. The predicted molar refractivity (Wildman–Crippen MR) is 113 cm³/mol. The molecule has 0 fully saturated rings. The predicted octanol–water partition coefficient (Wildman–Crippen LogP) is 5.29. The maximum absolute atomic E-state index is 12.4. The second-order valence-corrected chi connectivity index (χ2v) is 6.90. The Morgan fingerprint density at radius 2 is 1.88 bits per heavy atom. The smallest absolute Gasteiger partial charge is 0.496 e. The average Bonchev–Trinajstić information content (AvgIpc) is 2.75. The first-order valence-electron chi connectivity index (χ1n) is 9.67. The zero-order chi connectivity index (χ0) is 23.1. The Morgan fingerprint density at radius 1 is 1.09 bits per heavy atom. The number of rotatable bonds is 9. The molecule has 0 saturated carbocycles. The number of nitrogens with zero attached hydrogens (tertiary/aromatic N) is 1. The van der Waals surface area contributed by atoms with Crippen LogP contribution in [0.1, 0.15) is 17.5 Å². The number of halogens is 3. The zero-order valence-corrected chi connectivity index (χ0v) is 17.1. The van der Waals surface area contributed by atoms with Gasteiger partial charge in [0.25, 0.3) is 0 Å². The van der Waals surface area contributed by atoms with E-state index < -0.39 is 12.3 Å². The summed E-state index contributed by atoms with van der Waals surface area (Å²) in [4.78, 5) is 15.2. The highest BCUT2D eigenvalue weighted by Gasteiger charge is 2.31. The molecule has 2 aromatic carbocycles. The maximum Gasteiger partial charge on any atom is 0.573 e. The number of pyridine rings is 1. The number of carbonyl (C=O) groups is 1. The van der Waals surface area contributed by atoms with Crippen LogP contribution in [0.3, 0.4) is 0 Å². The Morgan fingerprint density at radius 3 is 2.53 bits per heavy atom. The SMILES string of the molecule is COc1ccc(-c2ccc(NCc3cccc(OC(F)(F)F)c3)nc2)cc1CCC(=O)O. The highest BCUT2D eigenvalue weighted by atomic mass is 19.4. The van der Waals surface area contributed by atoms with Crippen LogP contribution >= 0.6 is 0 Å². The highest BCUT2D eigenvalue weighted by molar-refractivity contribution is 5.69. The molecule has 0 unspecified atom stereocenters. The van der Waals surface area contributed by atoms with Crippen LogP contribution in [0.2, 0.25) is 0 Å². The number of anilines is 1. The van der Waals surface area contributed by atoms with Gasteiger partial charge in [-0.05, 0) is 59.5 Å². The number of methoxy groups -OCH3 is 1. The molecule has 3 aromatic rings. The van der Waals surface area contributed by atoms with Gasteiger partial charge in [-0.25, -0.2) is 4.98 Å². The van der Waals surface area contributed by atoms with Gasteiger partial charge in [0.15, 0.2) is 0 Å². The number of ether oxygens (including phenoxy) is 2.